The Morgan fingerprint density at radius 3 is 2.65 bits per heavy atom. The van der Waals surface area contributed by atoms with Gasteiger partial charge in [0, 0.05) is 56.1 Å². The second-order valence-corrected chi connectivity index (χ2v) is 10.2. The third-order valence-corrected chi connectivity index (χ3v) is 7.91. The highest BCUT2D eigenvalue weighted by molar-refractivity contribution is 7.16. The van der Waals surface area contributed by atoms with Gasteiger partial charge in [-0.15, -0.1) is 0 Å². The summed E-state index contributed by atoms with van der Waals surface area (Å²) in [4.78, 5) is 9.74. The Labute approximate surface area is 201 Å². The van der Waals surface area contributed by atoms with Crippen LogP contribution in [0.4, 0.5) is 20.9 Å². The molecule has 2 aliphatic heterocycles. The molecule has 2 fully saturated rings. The van der Waals surface area contributed by atoms with Gasteiger partial charge >= 0.3 is 0 Å². The number of thiazole rings is 1. The highest BCUT2D eigenvalue weighted by Gasteiger charge is 2.47. The number of hydrogen-bond acceptors (Lipinski definition) is 7. The summed E-state index contributed by atoms with van der Waals surface area (Å²) in [7, 11) is 1.97. The molecular weight excluding hydrogens is 449 g/mol. The Morgan fingerprint density at radius 1 is 1.24 bits per heavy atom. The molecule has 34 heavy (non-hydrogen) atoms. The van der Waals surface area contributed by atoms with Crippen molar-refractivity contribution < 1.29 is 4.39 Å². The van der Waals surface area contributed by atoms with E-state index >= 15 is 0 Å². The zero-order valence-corrected chi connectivity index (χ0v) is 19.9. The number of hydrogen-bond donors (Lipinski definition) is 1. The number of benzene rings is 1. The Morgan fingerprint density at radius 2 is 2.00 bits per heavy atom. The predicted octanol–water partition coefficient (Wildman–Crippen LogP) is 4.21. The van der Waals surface area contributed by atoms with Crippen molar-refractivity contribution in [2.75, 3.05) is 43.0 Å². The third-order valence-electron chi connectivity index (χ3n) is 6.87. The number of nitrogens with zero attached hydrogens (tertiary/aromatic N) is 6. The van der Waals surface area contributed by atoms with Crippen LogP contribution in [0.3, 0.4) is 0 Å². The van der Waals surface area contributed by atoms with Gasteiger partial charge in [0.05, 0.1) is 16.9 Å². The van der Waals surface area contributed by atoms with Crippen molar-refractivity contribution >= 4 is 33.4 Å². The second-order valence-electron chi connectivity index (χ2n) is 9.18. The number of halogens is 1. The number of nitriles is 1. The summed E-state index contributed by atoms with van der Waals surface area (Å²) in [5, 5.41) is 18.6. The van der Waals surface area contributed by atoms with Gasteiger partial charge in [0.2, 0.25) is 0 Å². The van der Waals surface area contributed by atoms with Gasteiger partial charge in [0.1, 0.15) is 22.5 Å². The van der Waals surface area contributed by atoms with E-state index in [0.717, 1.165) is 55.1 Å². The molecule has 0 bridgehead atoms. The molecule has 1 N–H and O–H groups in total. The van der Waals surface area contributed by atoms with E-state index < -0.39 is 0 Å². The maximum absolute atomic E-state index is 13.4. The molecule has 0 unspecified atom stereocenters. The molecular formula is C25H24FN7S. The molecule has 0 saturated carbocycles. The van der Waals surface area contributed by atoms with Crippen molar-refractivity contribution in [2.45, 2.75) is 13.3 Å². The molecule has 1 aromatic carbocycles. The van der Waals surface area contributed by atoms with Gasteiger partial charge in [-0.1, -0.05) is 18.3 Å². The number of fused-ring (bicyclic) bond motifs is 1. The number of aryl methyl sites for hydroxylation is 1. The number of aromatic nitrogens is 3. The maximum atomic E-state index is 13.4. The van der Waals surface area contributed by atoms with E-state index in [1.807, 2.05) is 22.7 Å². The van der Waals surface area contributed by atoms with Crippen LogP contribution in [0.5, 0.6) is 0 Å². The van der Waals surface area contributed by atoms with Crippen LogP contribution in [0.2, 0.25) is 0 Å². The lowest BCUT2D eigenvalue weighted by molar-refractivity contribution is 0.121. The summed E-state index contributed by atoms with van der Waals surface area (Å²) in [6, 6.07) is 12.7. The first-order valence-electron chi connectivity index (χ1n) is 11.4. The molecule has 0 aliphatic carbocycles. The summed E-state index contributed by atoms with van der Waals surface area (Å²) >= 11 is 1.33. The second kappa shape index (κ2) is 7.79. The minimum atomic E-state index is -0.314. The molecule has 3 aromatic heterocycles. The zero-order valence-electron chi connectivity index (χ0n) is 19.0. The Hall–Kier alpha value is -3.48. The van der Waals surface area contributed by atoms with Crippen molar-refractivity contribution in [1.29, 1.82) is 5.26 Å². The molecule has 2 aliphatic rings. The fraction of sp³-hybridized carbons (Fsp3) is 0.320. The van der Waals surface area contributed by atoms with Crippen LogP contribution < -0.4 is 15.1 Å². The van der Waals surface area contributed by atoms with Crippen LogP contribution in [0, 0.1) is 22.6 Å². The fourth-order valence-electron chi connectivity index (χ4n) is 4.95. The molecule has 1 spiro atoms. The van der Waals surface area contributed by atoms with Gasteiger partial charge in [-0.2, -0.15) is 10.4 Å². The van der Waals surface area contributed by atoms with Gasteiger partial charge in [-0.05, 0) is 42.8 Å². The van der Waals surface area contributed by atoms with E-state index in [2.05, 4.69) is 35.3 Å². The normalized spacial score (nSPS) is 16.4. The monoisotopic (exact) mass is 473 g/mol. The molecule has 2 saturated heterocycles. The Kier molecular flexibility index (Phi) is 4.83. The van der Waals surface area contributed by atoms with Gasteiger partial charge in [0.15, 0.2) is 5.13 Å². The van der Waals surface area contributed by atoms with Crippen LogP contribution in [-0.4, -0.2) is 47.8 Å². The standard InChI is InChI=1S/C25H24FN7S/c1-3-19-23(20-10-18(8-9-33(20)30-19)32-14-25(15-32)12-28-13-25)31(2)24-29-22(21(11-27)34-24)16-4-6-17(26)7-5-16/h4-10,28H,3,12-15H2,1-2H3. The maximum Gasteiger partial charge on any atom is 0.191 e. The van der Waals surface area contributed by atoms with E-state index in [1.165, 1.54) is 29.2 Å². The number of nitrogens with one attached hydrogen (secondary N) is 1. The van der Waals surface area contributed by atoms with Gasteiger partial charge < -0.3 is 15.1 Å². The summed E-state index contributed by atoms with van der Waals surface area (Å²) in [6.07, 6.45) is 2.80. The van der Waals surface area contributed by atoms with Gasteiger partial charge in [-0.25, -0.2) is 13.9 Å². The number of anilines is 3. The minimum absolute atomic E-state index is 0.314. The molecule has 0 atom stereocenters. The Bertz CT molecular complexity index is 1420. The molecule has 7 nitrogen and oxygen atoms in total. The van der Waals surface area contributed by atoms with E-state index in [0.29, 0.717) is 21.1 Å². The largest absolute Gasteiger partial charge is 0.370 e. The first kappa shape index (κ1) is 21.1. The number of pyridine rings is 1. The van der Waals surface area contributed by atoms with Crippen LogP contribution in [-0.2, 0) is 6.42 Å². The van der Waals surface area contributed by atoms with Crippen LogP contribution in [0.25, 0.3) is 16.8 Å². The predicted molar refractivity (Wildman–Crippen MR) is 132 cm³/mol. The lowest BCUT2D eigenvalue weighted by atomic mass is 9.74. The highest BCUT2D eigenvalue weighted by Crippen LogP contribution is 2.41. The summed E-state index contributed by atoms with van der Waals surface area (Å²) in [5.41, 5.74) is 5.93. The van der Waals surface area contributed by atoms with Crippen molar-refractivity contribution in [3.8, 4) is 17.3 Å². The zero-order chi connectivity index (χ0) is 23.4. The molecule has 5 heterocycles. The van der Waals surface area contributed by atoms with Crippen LogP contribution in [0.15, 0.2) is 42.6 Å². The van der Waals surface area contributed by atoms with Gasteiger partial charge in [-0.3, -0.25) is 0 Å². The number of rotatable bonds is 5. The average Bonchev–Trinajstić information content (AvgIpc) is 3.38. The first-order chi connectivity index (χ1) is 16.5. The Balaban J connectivity index is 1.39. The minimum Gasteiger partial charge on any atom is -0.370 e. The van der Waals surface area contributed by atoms with Crippen molar-refractivity contribution in [3.63, 3.8) is 0 Å². The van der Waals surface area contributed by atoms with Crippen molar-refractivity contribution in [3.05, 3.63) is 59.0 Å². The van der Waals surface area contributed by atoms with Crippen molar-refractivity contribution in [1.82, 2.24) is 19.9 Å². The topological polar surface area (TPSA) is 72.5 Å². The van der Waals surface area contributed by atoms with Crippen LogP contribution >= 0.6 is 11.3 Å². The summed E-state index contributed by atoms with van der Waals surface area (Å²) < 4.78 is 15.3. The lowest BCUT2D eigenvalue weighted by Crippen LogP contribution is -2.71. The molecule has 6 rings (SSSR count). The highest BCUT2D eigenvalue weighted by atomic mass is 32.1. The van der Waals surface area contributed by atoms with Gasteiger partial charge in [0.25, 0.3) is 0 Å². The summed E-state index contributed by atoms with van der Waals surface area (Å²) in [6.45, 7) is 6.46. The van der Waals surface area contributed by atoms with E-state index in [-0.39, 0.29) is 5.82 Å². The molecule has 9 heteroatoms. The van der Waals surface area contributed by atoms with E-state index in [4.69, 9.17) is 10.1 Å². The third kappa shape index (κ3) is 3.25. The van der Waals surface area contributed by atoms with E-state index in [9.17, 15) is 9.65 Å². The molecule has 0 amide bonds. The average molecular weight is 474 g/mol. The van der Waals surface area contributed by atoms with Crippen LogP contribution in [0.1, 0.15) is 17.5 Å². The first-order valence-corrected chi connectivity index (χ1v) is 12.2. The molecule has 0 radical (unpaired) electrons. The molecule has 4 aromatic rings. The smallest absolute Gasteiger partial charge is 0.191 e. The quantitative estimate of drug-likeness (QED) is 0.468. The molecule has 172 valence electrons. The summed E-state index contributed by atoms with van der Waals surface area (Å²) in [5.74, 6) is -0.314. The van der Waals surface area contributed by atoms with E-state index in [1.54, 1.807) is 12.1 Å². The SMILES string of the molecule is CCc1nn2ccc(N3CC4(CNC4)C3)cc2c1N(C)c1nc(-c2ccc(F)cc2)c(C#N)s1. The fourth-order valence-corrected chi connectivity index (χ4v) is 5.80. The van der Waals surface area contributed by atoms with Crippen molar-refractivity contribution in [2.24, 2.45) is 5.41 Å². The lowest BCUT2D eigenvalue weighted by Gasteiger charge is -2.57.